The van der Waals surface area contributed by atoms with Gasteiger partial charge in [0.25, 0.3) is 23.6 Å². The van der Waals surface area contributed by atoms with E-state index in [0.29, 0.717) is 128 Å². The van der Waals surface area contributed by atoms with Crippen molar-refractivity contribution in [2.24, 2.45) is 0 Å². The highest BCUT2D eigenvalue weighted by Crippen LogP contribution is 2.33. The lowest BCUT2D eigenvalue weighted by Crippen LogP contribution is -2.37. The van der Waals surface area contributed by atoms with Crippen LogP contribution in [0, 0.1) is 0 Å². The van der Waals surface area contributed by atoms with Crippen LogP contribution in [0.2, 0.25) is 0 Å². The molecule has 546 valence electrons. The molecule has 0 aliphatic rings. The predicted octanol–water partition coefficient (Wildman–Crippen LogP) is 7.57. The largest absolute Gasteiger partial charge is 0.382 e. The highest BCUT2D eigenvalue weighted by Gasteiger charge is 2.29. The standard InChI is InChI=1S/C76H102N4O20/c1-85-25-29-89-33-37-93-41-45-97-53-61(54-98-46-42-94-38-34-90-30-26-86-2)67-51-68(62(55-99-47-43-95-39-35-91-31-27-87-3)56-100-48-44-96-40-36-92-32-28-88-4)70(74(82)78-22-24-80-76(84)72-65-19-11-7-15-59(65)50-60-16-8-12-20-66(60)72)52-69(67)73(81)77-21-23-79-75(83)71-63-17-9-5-13-57(63)49-58-14-6-10-18-64(58)71/h5-20,49-52,61-62H,21-48,53-56H2,1-4H3,(H,77,81)(H,78,82)(H,79,83)(H,80,84). The van der Waals surface area contributed by atoms with E-state index >= 15 is 9.59 Å². The van der Waals surface area contributed by atoms with Crippen LogP contribution in [-0.2, 0) is 75.8 Å². The molecule has 0 bridgehead atoms. The molecule has 0 fully saturated rings. The lowest BCUT2D eigenvalue weighted by Gasteiger charge is -2.26. The first-order valence-corrected chi connectivity index (χ1v) is 34.3. The molecule has 0 aliphatic heterocycles. The minimum absolute atomic E-state index is 0.00535. The molecule has 24 nitrogen and oxygen atoms in total. The zero-order valence-electron chi connectivity index (χ0n) is 58.5. The molecule has 0 saturated carbocycles. The monoisotopic (exact) mass is 1390 g/mol. The quantitative estimate of drug-likeness (QED) is 0.0211. The number of hydrogen-bond donors (Lipinski definition) is 4. The number of carbonyl (C=O) groups excluding carboxylic acids is 4. The summed E-state index contributed by atoms with van der Waals surface area (Å²) in [6, 6.07) is 38.5. The Morgan fingerprint density at radius 3 is 0.740 bits per heavy atom. The van der Waals surface area contributed by atoms with Crippen molar-refractivity contribution in [2.45, 2.75) is 11.8 Å². The van der Waals surface area contributed by atoms with E-state index in [2.05, 4.69) is 33.4 Å². The molecule has 0 spiro atoms. The average Bonchev–Trinajstić information content (AvgIpc) is 0.773. The van der Waals surface area contributed by atoms with Gasteiger partial charge in [0, 0.05) is 77.6 Å². The summed E-state index contributed by atoms with van der Waals surface area (Å²) in [5.41, 5.74) is 2.31. The van der Waals surface area contributed by atoms with Gasteiger partial charge < -0.3 is 97.1 Å². The van der Waals surface area contributed by atoms with Crippen LogP contribution in [0.4, 0.5) is 0 Å². The number of nitrogens with one attached hydrogen (secondary N) is 4. The van der Waals surface area contributed by atoms with Crippen LogP contribution >= 0.6 is 0 Å². The maximum atomic E-state index is 15.3. The van der Waals surface area contributed by atoms with Crippen molar-refractivity contribution in [3.63, 3.8) is 0 Å². The summed E-state index contributed by atoms with van der Waals surface area (Å²) in [7, 11) is 6.44. The Morgan fingerprint density at radius 2 is 0.490 bits per heavy atom. The van der Waals surface area contributed by atoms with E-state index in [1.807, 2.05) is 103 Å². The number of methoxy groups -OCH3 is 4. The van der Waals surface area contributed by atoms with Crippen molar-refractivity contribution < 1.29 is 95.0 Å². The van der Waals surface area contributed by atoms with Crippen LogP contribution in [0.3, 0.4) is 0 Å². The SMILES string of the molecule is COCCOCCOCCOCC(COCCOCCOCCOC)c1cc(C(COCCOCCOCCOC)COCCOCCOCCOC)c(C(=O)NCCNC(=O)c2c3ccccc3cc3ccccc23)cc1C(=O)NCCNC(=O)c1c2ccccc2cc2ccccc12. The number of benzene rings is 7. The highest BCUT2D eigenvalue weighted by atomic mass is 16.6. The fourth-order valence-electron chi connectivity index (χ4n) is 11.0. The minimum atomic E-state index is -0.646. The normalized spacial score (nSPS) is 11.7. The highest BCUT2D eigenvalue weighted by molar-refractivity contribution is 6.19. The summed E-state index contributed by atoms with van der Waals surface area (Å²) in [5.74, 6) is -2.98. The molecule has 0 atom stereocenters. The molecule has 0 aromatic heterocycles. The summed E-state index contributed by atoms with van der Waals surface area (Å²) in [6.45, 7) is 8.37. The Bertz CT molecular complexity index is 3130. The third-order valence-corrected chi connectivity index (χ3v) is 16.0. The van der Waals surface area contributed by atoms with E-state index < -0.39 is 23.7 Å². The summed E-state index contributed by atoms with van der Waals surface area (Å²) in [4.78, 5) is 59.2. The summed E-state index contributed by atoms with van der Waals surface area (Å²) >= 11 is 0. The van der Waals surface area contributed by atoms with Crippen molar-refractivity contribution >= 4 is 66.7 Å². The van der Waals surface area contributed by atoms with Gasteiger partial charge in [0.2, 0.25) is 0 Å². The topological polar surface area (TPSA) is 264 Å². The maximum Gasteiger partial charge on any atom is 0.252 e. The first kappa shape index (κ1) is 80.1. The Labute approximate surface area is 586 Å². The smallest absolute Gasteiger partial charge is 0.252 e. The van der Waals surface area contributed by atoms with E-state index in [1.165, 1.54) is 0 Å². The summed E-state index contributed by atoms with van der Waals surface area (Å²) < 4.78 is 91.8. The molecule has 24 heteroatoms. The van der Waals surface area contributed by atoms with Gasteiger partial charge in [-0.3, -0.25) is 19.2 Å². The van der Waals surface area contributed by atoms with E-state index in [9.17, 15) is 9.59 Å². The van der Waals surface area contributed by atoms with Crippen LogP contribution < -0.4 is 21.3 Å². The van der Waals surface area contributed by atoms with Gasteiger partial charge in [-0.1, -0.05) is 103 Å². The van der Waals surface area contributed by atoms with Gasteiger partial charge in [0.05, 0.1) is 196 Å². The number of hydrogen-bond acceptors (Lipinski definition) is 20. The van der Waals surface area contributed by atoms with Gasteiger partial charge >= 0.3 is 0 Å². The van der Waals surface area contributed by atoms with Gasteiger partial charge in [0.1, 0.15) is 0 Å². The van der Waals surface area contributed by atoms with Crippen molar-refractivity contribution in [1.82, 2.24) is 21.3 Å². The molecule has 0 unspecified atom stereocenters. The van der Waals surface area contributed by atoms with Crippen molar-refractivity contribution in [1.29, 1.82) is 0 Å². The Morgan fingerprint density at radius 1 is 0.270 bits per heavy atom. The Hall–Kier alpha value is -7.18. The van der Waals surface area contributed by atoms with Gasteiger partial charge in [-0.05, 0) is 72.4 Å². The minimum Gasteiger partial charge on any atom is -0.382 e. The van der Waals surface area contributed by atoms with E-state index in [1.54, 1.807) is 34.5 Å². The molecule has 7 aromatic rings. The van der Waals surface area contributed by atoms with Crippen LogP contribution in [0.1, 0.15) is 64.4 Å². The van der Waals surface area contributed by atoms with Crippen molar-refractivity contribution in [3.05, 3.63) is 155 Å². The number of rotatable bonds is 56. The average molecular weight is 1390 g/mol. The molecule has 4 amide bonds. The van der Waals surface area contributed by atoms with Gasteiger partial charge in [0.15, 0.2) is 0 Å². The first-order valence-electron chi connectivity index (χ1n) is 34.3. The van der Waals surface area contributed by atoms with Gasteiger partial charge in [-0.25, -0.2) is 0 Å². The molecule has 0 saturated heterocycles. The zero-order chi connectivity index (χ0) is 70.5. The predicted molar refractivity (Wildman–Crippen MR) is 381 cm³/mol. The second kappa shape index (κ2) is 48.6. The first-order chi connectivity index (χ1) is 49.3. The number of fused-ring (bicyclic) bond motifs is 4. The number of ether oxygens (including phenoxy) is 16. The number of carbonyl (C=O) groups is 4. The lowest BCUT2D eigenvalue weighted by atomic mass is 9.85. The van der Waals surface area contributed by atoms with E-state index in [-0.39, 0.29) is 128 Å². The van der Waals surface area contributed by atoms with Crippen LogP contribution in [0.15, 0.2) is 121 Å². The second-order valence-electron chi connectivity index (χ2n) is 23.0. The van der Waals surface area contributed by atoms with E-state index in [4.69, 9.17) is 75.8 Å². The molecule has 7 aromatic carbocycles. The molecule has 0 aliphatic carbocycles. The third kappa shape index (κ3) is 27.6. The molecule has 7 rings (SSSR count). The third-order valence-electron chi connectivity index (χ3n) is 16.0. The van der Waals surface area contributed by atoms with Crippen LogP contribution in [-0.4, -0.2) is 263 Å². The van der Waals surface area contributed by atoms with Gasteiger partial charge in [-0.2, -0.15) is 0 Å². The van der Waals surface area contributed by atoms with Crippen LogP contribution in [0.25, 0.3) is 43.1 Å². The molecular formula is C76H102N4O20. The fourth-order valence-corrected chi connectivity index (χ4v) is 11.0. The zero-order valence-corrected chi connectivity index (χ0v) is 58.5. The molecule has 4 N–H and O–H groups in total. The fraction of sp³-hybridized carbons (Fsp3) is 0.500. The van der Waals surface area contributed by atoms with Crippen LogP contribution in [0.5, 0.6) is 0 Å². The summed E-state index contributed by atoms with van der Waals surface area (Å²) in [6.07, 6.45) is 0. The molecule has 0 heterocycles. The Kier molecular flexibility index (Phi) is 39.0. The molecule has 0 radical (unpaired) electrons. The van der Waals surface area contributed by atoms with Crippen molar-refractivity contribution in [3.8, 4) is 0 Å². The lowest BCUT2D eigenvalue weighted by molar-refractivity contribution is -0.0124. The van der Waals surface area contributed by atoms with Crippen molar-refractivity contribution in [2.75, 3.05) is 240 Å². The molecular weight excluding hydrogens is 1290 g/mol. The second-order valence-corrected chi connectivity index (χ2v) is 23.0. The van der Waals surface area contributed by atoms with E-state index in [0.717, 1.165) is 43.1 Å². The maximum absolute atomic E-state index is 15.3. The summed E-state index contributed by atoms with van der Waals surface area (Å²) in [5, 5.41) is 19.1. The number of amides is 4. The van der Waals surface area contributed by atoms with Gasteiger partial charge in [-0.15, -0.1) is 0 Å². The molecule has 100 heavy (non-hydrogen) atoms. The Balaban J connectivity index is 1.22.